The molecule has 1 unspecified atom stereocenters. The first-order valence-electron chi connectivity index (χ1n) is 6.06. The lowest BCUT2D eigenvalue weighted by Crippen LogP contribution is -2.21. The number of rotatable bonds is 3. The number of nitrogens with zero attached hydrogens (tertiary/aromatic N) is 1. The van der Waals surface area contributed by atoms with Crippen LogP contribution in [0.3, 0.4) is 0 Å². The molecule has 1 aliphatic rings. The lowest BCUT2D eigenvalue weighted by Gasteiger charge is -2.16. The molecule has 1 aliphatic heterocycles. The van der Waals surface area contributed by atoms with Crippen LogP contribution < -0.4 is 0 Å². The SMILES string of the molecule is Cc1cc(CN2CCC(O)C2)cc(C=O)c1C. The van der Waals surface area contributed by atoms with E-state index in [1.165, 1.54) is 0 Å². The summed E-state index contributed by atoms with van der Waals surface area (Å²) in [6, 6.07) is 4.09. The van der Waals surface area contributed by atoms with E-state index in [2.05, 4.69) is 11.0 Å². The molecule has 1 N–H and O–H groups in total. The van der Waals surface area contributed by atoms with E-state index < -0.39 is 0 Å². The van der Waals surface area contributed by atoms with E-state index in [9.17, 15) is 9.90 Å². The van der Waals surface area contributed by atoms with Gasteiger partial charge in [0.15, 0.2) is 0 Å². The number of carbonyl (C=O) groups is 1. The van der Waals surface area contributed by atoms with Gasteiger partial charge in [0.1, 0.15) is 6.29 Å². The highest BCUT2D eigenvalue weighted by molar-refractivity contribution is 5.78. The van der Waals surface area contributed by atoms with Gasteiger partial charge < -0.3 is 5.11 Å². The number of aryl methyl sites for hydroxylation is 1. The van der Waals surface area contributed by atoms with Crippen LogP contribution in [0.15, 0.2) is 12.1 Å². The minimum Gasteiger partial charge on any atom is -0.392 e. The van der Waals surface area contributed by atoms with E-state index in [-0.39, 0.29) is 6.10 Å². The van der Waals surface area contributed by atoms with Crippen molar-refractivity contribution in [1.29, 1.82) is 0 Å². The van der Waals surface area contributed by atoms with Gasteiger partial charge in [0.05, 0.1) is 6.10 Å². The molecule has 0 bridgehead atoms. The molecular weight excluding hydrogens is 214 g/mol. The molecule has 92 valence electrons. The highest BCUT2D eigenvalue weighted by Crippen LogP contribution is 2.18. The highest BCUT2D eigenvalue weighted by Gasteiger charge is 2.20. The summed E-state index contributed by atoms with van der Waals surface area (Å²) < 4.78 is 0. The van der Waals surface area contributed by atoms with Crippen LogP contribution in [0.5, 0.6) is 0 Å². The minimum absolute atomic E-state index is 0.188. The maximum absolute atomic E-state index is 11.0. The first-order valence-corrected chi connectivity index (χ1v) is 6.06. The number of aliphatic hydroxyl groups excluding tert-OH is 1. The molecule has 0 aromatic heterocycles. The van der Waals surface area contributed by atoms with Crippen LogP contribution >= 0.6 is 0 Å². The molecule has 0 spiro atoms. The van der Waals surface area contributed by atoms with Gasteiger partial charge >= 0.3 is 0 Å². The number of aliphatic hydroxyl groups is 1. The minimum atomic E-state index is -0.188. The van der Waals surface area contributed by atoms with E-state index in [1.807, 2.05) is 19.9 Å². The van der Waals surface area contributed by atoms with Crippen molar-refractivity contribution in [2.24, 2.45) is 0 Å². The van der Waals surface area contributed by atoms with Gasteiger partial charge in [0.2, 0.25) is 0 Å². The van der Waals surface area contributed by atoms with Gasteiger partial charge in [-0.25, -0.2) is 0 Å². The number of carbonyl (C=O) groups excluding carboxylic acids is 1. The number of likely N-dealkylation sites (tertiary alicyclic amines) is 1. The molecule has 1 heterocycles. The molecule has 0 amide bonds. The topological polar surface area (TPSA) is 40.5 Å². The molecule has 1 atom stereocenters. The van der Waals surface area contributed by atoms with Gasteiger partial charge in [-0.15, -0.1) is 0 Å². The van der Waals surface area contributed by atoms with Gasteiger partial charge in [-0.05, 0) is 43.0 Å². The van der Waals surface area contributed by atoms with Crippen LogP contribution in [0.4, 0.5) is 0 Å². The van der Waals surface area contributed by atoms with Crippen LogP contribution in [0.25, 0.3) is 0 Å². The smallest absolute Gasteiger partial charge is 0.150 e. The maximum atomic E-state index is 11.0. The summed E-state index contributed by atoms with van der Waals surface area (Å²) in [4.78, 5) is 13.2. The quantitative estimate of drug-likeness (QED) is 0.808. The second-order valence-electron chi connectivity index (χ2n) is 4.92. The lowest BCUT2D eigenvalue weighted by molar-refractivity contribution is 0.112. The number of hydrogen-bond donors (Lipinski definition) is 1. The van der Waals surface area contributed by atoms with Crippen molar-refractivity contribution in [3.63, 3.8) is 0 Å². The zero-order chi connectivity index (χ0) is 12.4. The van der Waals surface area contributed by atoms with E-state index >= 15 is 0 Å². The number of benzene rings is 1. The van der Waals surface area contributed by atoms with E-state index in [4.69, 9.17) is 0 Å². The third-order valence-corrected chi connectivity index (χ3v) is 3.55. The Hall–Kier alpha value is -1.19. The normalized spacial score (nSPS) is 20.8. The third-order valence-electron chi connectivity index (χ3n) is 3.55. The molecule has 1 aromatic carbocycles. The van der Waals surface area contributed by atoms with E-state index in [0.29, 0.717) is 0 Å². The Kier molecular flexibility index (Phi) is 3.60. The fourth-order valence-corrected chi connectivity index (χ4v) is 2.39. The summed E-state index contributed by atoms with van der Waals surface area (Å²) in [6.45, 7) is 6.50. The second-order valence-corrected chi connectivity index (χ2v) is 4.92. The maximum Gasteiger partial charge on any atom is 0.150 e. The van der Waals surface area contributed by atoms with E-state index in [0.717, 1.165) is 54.6 Å². The van der Waals surface area contributed by atoms with Crippen LogP contribution in [0.1, 0.15) is 33.5 Å². The lowest BCUT2D eigenvalue weighted by atomic mass is 10.00. The standard InChI is InChI=1S/C14H19NO2/c1-10-5-12(6-13(9-16)11(10)2)7-15-4-3-14(17)8-15/h5-6,9,14,17H,3-4,7-8H2,1-2H3. The zero-order valence-electron chi connectivity index (χ0n) is 10.4. The molecule has 2 rings (SSSR count). The summed E-state index contributed by atoms with van der Waals surface area (Å²) in [5.74, 6) is 0. The fraction of sp³-hybridized carbons (Fsp3) is 0.500. The number of β-amino-alcohol motifs (C(OH)–C–C–N with tert-alkyl or cyclic N) is 1. The monoisotopic (exact) mass is 233 g/mol. The molecule has 0 radical (unpaired) electrons. The first-order chi connectivity index (χ1) is 8.10. The van der Waals surface area contributed by atoms with E-state index in [1.54, 1.807) is 0 Å². The average molecular weight is 233 g/mol. The number of hydrogen-bond acceptors (Lipinski definition) is 3. The van der Waals surface area contributed by atoms with Gasteiger partial charge in [-0.2, -0.15) is 0 Å². The predicted octanol–water partition coefficient (Wildman–Crippen LogP) is 1.68. The predicted molar refractivity (Wildman–Crippen MR) is 67.2 cm³/mol. The highest BCUT2D eigenvalue weighted by atomic mass is 16.3. The Morgan fingerprint density at radius 1 is 1.47 bits per heavy atom. The first kappa shape index (κ1) is 12.3. The Balaban J connectivity index is 2.16. The average Bonchev–Trinajstić information content (AvgIpc) is 2.69. The van der Waals surface area contributed by atoms with Crippen molar-refractivity contribution in [1.82, 2.24) is 4.90 Å². The second kappa shape index (κ2) is 4.98. The van der Waals surface area contributed by atoms with Crippen molar-refractivity contribution in [2.45, 2.75) is 32.9 Å². The van der Waals surface area contributed by atoms with Crippen molar-refractivity contribution in [3.05, 3.63) is 34.4 Å². The Labute approximate surface area is 102 Å². The van der Waals surface area contributed by atoms with Gasteiger partial charge in [-0.1, -0.05) is 6.07 Å². The summed E-state index contributed by atoms with van der Waals surface area (Å²) in [7, 11) is 0. The van der Waals surface area contributed by atoms with Crippen LogP contribution in [-0.4, -0.2) is 35.5 Å². The molecule has 0 aliphatic carbocycles. The molecule has 1 aromatic rings. The van der Waals surface area contributed by atoms with Gasteiger partial charge in [0, 0.05) is 25.2 Å². The van der Waals surface area contributed by atoms with Crippen molar-refractivity contribution in [3.8, 4) is 0 Å². The van der Waals surface area contributed by atoms with Crippen LogP contribution in [0, 0.1) is 13.8 Å². The fourth-order valence-electron chi connectivity index (χ4n) is 2.39. The van der Waals surface area contributed by atoms with Crippen LogP contribution in [0.2, 0.25) is 0 Å². The summed E-state index contributed by atoms with van der Waals surface area (Å²) >= 11 is 0. The van der Waals surface area contributed by atoms with Crippen molar-refractivity contribution < 1.29 is 9.90 Å². The Morgan fingerprint density at radius 2 is 2.24 bits per heavy atom. The molecular formula is C14H19NO2. The van der Waals surface area contributed by atoms with Crippen LogP contribution in [-0.2, 0) is 6.54 Å². The third kappa shape index (κ3) is 2.73. The zero-order valence-corrected chi connectivity index (χ0v) is 10.4. The van der Waals surface area contributed by atoms with Crippen molar-refractivity contribution in [2.75, 3.05) is 13.1 Å². The number of aldehydes is 1. The molecule has 3 heteroatoms. The molecule has 1 saturated heterocycles. The van der Waals surface area contributed by atoms with Gasteiger partial charge in [-0.3, -0.25) is 9.69 Å². The Bertz CT molecular complexity index is 428. The molecule has 17 heavy (non-hydrogen) atoms. The summed E-state index contributed by atoms with van der Waals surface area (Å²) in [5, 5.41) is 9.48. The summed E-state index contributed by atoms with van der Waals surface area (Å²) in [5.41, 5.74) is 4.15. The summed E-state index contributed by atoms with van der Waals surface area (Å²) in [6.07, 6.45) is 1.59. The van der Waals surface area contributed by atoms with Gasteiger partial charge in [0.25, 0.3) is 0 Å². The molecule has 0 saturated carbocycles. The Morgan fingerprint density at radius 3 is 2.82 bits per heavy atom. The molecule has 1 fully saturated rings. The van der Waals surface area contributed by atoms with Crippen molar-refractivity contribution >= 4 is 6.29 Å². The molecule has 3 nitrogen and oxygen atoms in total. The largest absolute Gasteiger partial charge is 0.392 e.